The van der Waals surface area contributed by atoms with Crippen LogP contribution in [0.2, 0.25) is 0 Å². The van der Waals surface area contributed by atoms with E-state index in [2.05, 4.69) is 0 Å². The fraction of sp³-hybridized carbons (Fsp3) is 1.00. The number of halogens is 2. The molecule has 0 rings (SSSR count). The summed E-state index contributed by atoms with van der Waals surface area (Å²) < 4.78 is 29.9. The molecule has 0 aliphatic carbocycles. The van der Waals surface area contributed by atoms with Crippen molar-refractivity contribution in [1.29, 1.82) is 0 Å². The maximum absolute atomic E-state index is 12.5. The topological polar surface area (TPSA) is 35.2 Å². The summed E-state index contributed by atoms with van der Waals surface area (Å²) in [6.07, 6.45) is 1.98. The molecule has 80 valence electrons. The highest BCUT2D eigenvalue weighted by atomic mass is 32.2. The number of nitrogens with two attached hydrogens (primary N) is 1. The Morgan fingerprint density at radius 1 is 1.54 bits per heavy atom. The average molecular weight is 213 g/mol. The second-order valence-electron chi connectivity index (χ2n) is 3.14. The first-order chi connectivity index (χ1) is 6.02. The van der Waals surface area contributed by atoms with E-state index < -0.39 is 19.1 Å². The summed E-state index contributed by atoms with van der Waals surface area (Å²) in [5.41, 5.74) is 4.85. The number of hydrogen-bond acceptors (Lipinski definition) is 3. The third-order valence-electron chi connectivity index (χ3n) is 1.47. The first-order valence-corrected chi connectivity index (χ1v) is 5.56. The Morgan fingerprint density at radius 3 is 2.62 bits per heavy atom. The Bertz CT molecular complexity index is 135. The van der Waals surface area contributed by atoms with Crippen LogP contribution in [0.15, 0.2) is 0 Å². The van der Waals surface area contributed by atoms with E-state index in [1.165, 1.54) is 0 Å². The summed E-state index contributed by atoms with van der Waals surface area (Å²) in [5.74, 6) is -1.64. The highest BCUT2D eigenvalue weighted by Crippen LogP contribution is 2.12. The zero-order chi connectivity index (χ0) is 10.3. The molecule has 0 fully saturated rings. The first-order valence-electron chi connectivity index (χ1n) is 4.16. The maximum atomic E-state index is 12.5. The Labute approximate surface area is 82.2 Å². The van der Waals surface area contributed by atoms with E-state index in [1.807, 2.05) is 13.2 Å². The zero-order valence-corrected chi connectivity index (χ0v) is 8.87. The van der Waals surface area contributed by atoms with Gasteiger partial charge in [-0.25, -0.2) is 8.78 Å². The van der Waals surface area contributed by atoms with E-state index in [1.54, 1.807) is 11.8 Å². The van der Waals surface area contributed by atoms with Gasteiger partial charge < -0.3 is 10.5 Å². The lowest BCUT2D eigenvalue weighted by Gasteiger charge is -2.16. The predicted molar refractivity (Wildman–Crippen MR) is 52.4 cm³/mol. The lowest BCUT2D eigenvalue weighted by molar-refractivity contribution is -0.0737. The molecule has 2 nitrogen and oxygen atoms in total. The van der Waals surface area contributed by atoms with Crippen LogP contribution in [0.1, 0.15) is 6.92 Å². The van der Waals surface area contributed by atoms with E-state index in [0.717, 1.165) is 5.75 Å². The molecule has 13 heavy (non-hydrogen) atoms. The summed E-state index contributed by atoms with van der Waals surface area (Å²) >= 11 is 1.68. The molecule has 0 heterocycles. The van der Waals surface area contributed by atoms with E-state index in [0.29, 0.717) is 12.5 Å². The van der Waals surface area contributed by atoms with Crippen molar-refractivity contribution in [2.24, 2.45) is 11.7 Å². The minimum absolute atomic E-state index is 0.309. The highest BCUT2D eigenvalue weighted by Gasteiger charge is 2.26. The Kier molecular flexibility index (Phi) is 6.63. The standard InChI is InChI=1S/C8H17F2NOS/c1-7(4-13-2)3-12-6-8(9,10)5-11/h7H,3-6,11H2,1-2H3. The molecule has 0 aromatic rings. The van der Waals surface area contributed by atoms with Crippen LogP contribution >= 0.6 is 11.8 Å². The maximum Gasteiger partial charge on any atom is 0.282 e. The van der Waals surface area contributed by atoms with Crippen molar-refractivity contribution in [2.75, 3.05) is 31.8 Å². The number of hydrogen-bond donors (Lipinski definition) is 1. The number of ether oxygens (including phenoxy) is 1. The SMILES string of the molecule is CSCC(C)COCC(F)(F)CN. The molecule has 5 heteroatoms. The second-order valence-corrected chi connectivity index (χ2v) is 4.05. The fourth-order valence-electron chi connectivity index (χ4n) is 0.801. The zero-order valence-electron chi connectivity index (χ0n) is 8.06. The molecule has 1 unspecified atom stereocenters. The van der Waals surface area contributed by atoms with Crippen LogP contribution in [0.5, 0.6) is 0 Å². The van der Waals surface area contributed by atoms with Gasteiger partial charge in [0.05, 0.1) is 13.2 Å². The van der Waals surface area contributed by atoms with Crippen molar-refractivity contribution in [1.82, 2.24) is 0 Å². The van der Waals surface area contributed by atoms with Crippen molar-refractivity contribution < 1.29 is 13.5 Å². The summed E-state index contributed by atoms with van der Waals surface area (Å²) in [4.78, 5) is 0. The van der Waals surface area contributed by atoms with Crippen LogP contribution in [0.3, 0.4) is 0 Å². The highest BCUT2D eigenvalue weighted by molar-refractivity contribution is 7.98. The van der Waals surface area contributed by atoms with Gasteiger partial charge in [-0.3, -0.25) is 0 Å². The third-order valence-corrected chi connectivity index (χ3v) is 2.37. The Balaban J connectivity index is 3.44. The molecule has 2 N–H and O–H groups in total. The minimum Gasteiger partial charge on any atom is -0.375 e. The van der Waals surface area contributed by atoms with Gasteiger partial charge in [0.2, 0.25) is 0 Å². The van der Waals surface area contributed by atoms with Crippen LogP contribution < -0.4 is 5.73 Å². The molecule has 0 aliphatic heterocycles. The van der Waals surface area contributed by atoms with Gasteiger partial charge in [0.15, 0.2) is 0 Å². The average Bonchev–Trinajstić information content (AvgIpc) is 2.05. The van der Waals surface area contributed by atoms with Gasteiger partial charge in [-0.05, 0) is 17.9 Å². The fourth-order valence-corrected chi connectivity index (χ4v) is 1.47. The van der Waals surface area contributed by atoms with Gasteiger partial charge >= 0.3 is 0 Å². The molecule has 0 bridgehead atoms. The lowest BCUT2D eigenvalue weighted by atomic mass is 10.2. The third kappa shape index (κ3) is 7.22. The van der Waals surface area contributed by atoms with Crippen molar-refractivity contribution in [2.45, 2.75) is 12.8 Å². The van der Waals surface area contributed by atoms with Crippen LogP contribution in [0.25, 0.3) is 0 Å². The van der Waals surface area contributed by atoms with Crippen molar-refractivity contribution in [3.63, 3.8) is 0 Å². The van der Waals surface area contributed by atoms with Gasteiger partial charge in [0.25, 0.3) is 5.92 Å². The summed E-state index contributed by atoms with van der Waals surface area (Å²) in [6, 6.07) is 0. The molecule has 0 aromatic carbocycles. The number of rotatable bonds is 7. The van der Waals surface area contributed by atoms with Crippen LogP contribution in [0, 0.1) is 5.92 Å². The predicted octanol–water partition coefficient (Wildman–Crippen LogP) is 1.60. The van der Waals surface area contributed by atoms with Crippen molar-refractivity contribution >= 4 is 11.8 Å². The van der Waals surface area contributed by atoms with Crippen LogP contribution in [0.4, 0.5) is 8.78 Å². The van der Waals surface area contributed by atoms with Gasteiger partial charge in [-0.15, -0.1) is 0 Å². The van der Waals surface area contributed by atoms with E-state index in [9.17, 15) is 8.78 Å². The van der Waals surface area contributed by atoms with E-state index in [-0.39, 0.29) is 0 Å². The van der Waals surface area contributed by atoms with E-state index >= 15 is 0 Å². The normalized spacial score (nSPS) is 14.5. The second kappa shape index (κ2) is 6.56. The van der Waals surface area contributed by atoms with Crippen molar-refractivity contribution in [3.05, 3.63) is 0 Å². The first kappa shape index (κ1) is 13.1. The summed E-state index contributed by atoms with van der Waals surface area (Å²) in [6.45, 7) is 1.12. The molecular formula is C8H17F2NOS. The molecule has 0 aromatic heterocycles. The molecule has 0 saturated heterocycles. The molecular weight excluding hydrogens is 196 g/mol. The molecule has 0 aliphatic rings. The van der Waals surface area contributed by atoms with Gasteiger partial charge in [0, 0.05) is 0 Å². The molecule has 0 radical (unpaired) electrons. The lowest BCUT2D eigenvalue weighted by Crippen LogP contribution is -2.33. The largest absolute Gasteiger partial charge is 0.375 e. The van der Waals surface area contributed by atoms with Gasteiger partial charge in [-0.1, -0.05) is 6.92 Å². The smallest absolute Gasteiger partial charge is 0.282 e. The quantitative estimate of drug-likeness (QED) is 0.697. The van der Waals surface area contributed by atoms with Crippen LogP contribution in [-0.4, -0.2) is 37.7 Å². The summed E-state index contributed by atoms with van der Waals surface area (Å²) in [5, 5.41) is 0. The van der Waals surface area contributed by atoms with Gasteiger partial charge in [0.1, 0.15) is 6.61 Å². The monoisotopic (exact) mass is 213 g/mol. The minimum atomic E-state index is -2.88. The van der Waals surface area contributed by atoms with E-state index in [4.69, 9.17) is 10.5 Å². The molecule has 0 amide bonds. The molecule has 1 atom stereocenters. The Morgan fingerprint density at radius 2 is 2.15 bits per heavy atom. The summed E-state index contributed by atoms with van der Waals surface area (Å²) in [7, 11) is 0. The molecule has 0 saturated carbocycles. The van der Waals surface area contributed by atoms with Gasteiger partial charge in [-0.2, -0.15) is 11.8 Å². The Hall–Kier alpha value is 0.130. The number of alkyl halides is 2. The van der Waals surface area contributed by atoms with Crippen LogP contribution in [-0.2, 0) is 4.74 Å². The number of thioether (sulfide) groups is 1. The molecule has 0 spiro atoms. The van der Waals surface area contributed by atoms with Crippen molar-refractivity contribution in [3.8, 4) is 0 Å².